The van der Waals surface area contributed by atoms with Crippen LogP contribution in [0.4, 0.5) is 0 Å². The number of rotatable bonds is 10. The summed E-state index contributed by atoms with van der Waals surface area (Å²) in [7, 11) is 0. The number of nitrogens with two attached hydrogens (primary N) is 1. The van der Waals surface area contributed by atoms with E-state index in [1.54, 1.807) is 0 Å². The topological polar surface area (TPSA) is 186 Å². The van der Waals surface area contributed by atoms with Gasteiger partial charge >= 0.3 is 5.97 Å². The molecule has 196 valence electrons. The number of hydrogen-bond acceptors (Lipinski definition) is 6. The van der Waals surface area contributed by atoms with Gasteiger partial charge in [0.2, 0.25) is 17.7 Å². The molecule has 3 amide bonds. The highest BCUT2D eigenvalue weighted by molar-refractivity contribution is 5.94. The van der Waals surface area contributed by atoms with E-state index < -0.39 is 47.9 Å². The fourth-order valence-corrected chi connectivity index (χ4v) is 4.65. The Hall–Kier alpha value is -4.19. The number of aromatic nitrogens is 3. The number of carbonyl (C=O) groups excluding carboxylic acids is 3. The van der Waals surface area contributed by atoms with E-state index in [9.17, 15) is 24.3 Å². The summed E-state index contributed by atoms with van der Waals surface area (Å²) in [5.74, 6) is -2.66. The molecule has 12 heteroatoms. The lowest BCUT2D eigenvalue weighted by Crippen LogP contribution is -2.57. The summed E-state index contributed by atoms with van der Waals surface area (Å²) in [5.41, 5.74) is 8.62. The Morgan fingerprint density at radius 3 is 2.68 bits per heavy atom. The molecule has 0 saturated carbocycles. The number of H-pyrrole nitrogens is 2. The summed E-state index contributed by atoms with van der Waals surface area (Å²) >= 11 is 0. The van der Waals surface area contributed by atoms with Gasteiger partial charge in [-0.05, 0) is 37.8 Å². The van der Waals surface area contributed by atoms with E-state index >= 15 is 0 Å². The van der Waals surface area contributed by atoms with Crippen molar-refractivity contribution in [3.63, 3.8) is 0 Å². The summed E-state index contributed by atoms with van der Waals surface area (Å²) in [4.78, 5) is 61.8. The largest absolute Gasteiger partial charge is 0.480 e. The predicted octanol–water partition coefficient (Wildman–Crippen LogP) is 0.0686. The highest BCUT2D eigenvalue weighted by Gasteiger charge is 2.37. The number of fused-ring (bicyclic) bond motifs is 1. The Kier molecular flexibility index (Phi) is 7.87. The molecule has 1 fully saturated rings. The van der Waals surface area contributed by atoms with E-state index in [0.29, 0.717) is 25.1 Å². The molecule has 4 rings (SSSR count). The smallest absolute Gasteiger partial charge is 0.326 e. The summed E-state index contributed by atoms with van der Waals surface area (Å²) < 4.78 is 0. The predicted molar refractivity (Wildman–Crippen MR) is 134 cm³/mol. The Labute approximate surface area is 213 Å². The molecule has 1 aliphatic heterocycles. The van der Waals surface area contributed by atoms with Crippen molar-refractivity contribution >= 4 is 34.6 Å². The van der Waals surface area contributed by atoms with E-state index in [2.05, 4.69) is 25.6 Å². The molecule has 0 aliphatic carbocycles. The van der Waals surface area contributed by atoms with Gasteiger partial charge < -0.3 is 36.3 Å². The van der Waals surface area contributed by atoms with E-state index in [1.807, 2.05) is 30.5 Å². The van der Waals surface area contributed by atoms with Crippen molar-refractivity contribution < 1.29 is 24.3 Å². The lowest BCUT2D eigenvalue weighted by atomic mass is 10.0. The SMILES string of the molecule is CC(NC(=O)C(Cc1cnc[nH]1)NC(=O)C(N)Cc1c[nH]c2ccccc12)C(=O)N1CCCC1C(=O)O. The molecule has 7 N–H and O–H groups in total. The average molecular weight is 510 g/mol. The second-order valence-corrected chi connectivity index (χ2v) is 9.27. The third kappa shape index (κ3) is 5.97. The minimum Gasteiger partial charge on any atom is -0.480 e. The number of amides is 3. The van der Waals surface area contributed by atoms with Crippen LogP contribution in [0.1, 0.15) is 31.0 Å². The minimum atomic E-state index is -1.07. The van der Waals surface area contributed by atoms with E-state index in [-0.39, 0.29) is 12.8 Å². The van der Waals surface area contributed by atoms with Gasteiger partial charge in [0.15, 0.2) is 0 Å². The van der Waals surface area contributed by atoms with Gasteiger partial charge in [-0.2, -0.15) is 0 Å². The van der Waals surface area contributed by atoms with Crippen LogP contribution in [0.3, 0.4) is 0 Å². The van der Waals surface area contributed by atoms with Crippen molar-refractivity contribution in [2.75, 3.05) is 6.54 Å². The maximum atomic E-state index is 13.2. The van der Waals surface area contributed by atoms with Crippen LogP contribution in [0.2, 0.25) is 0 Å². The second kappa shape index (κ2) is 11.2. The Bertz CT molecular complexity index is 1270. The zero-order chi connectivity index (χ0) is 26.5. The van der Waals surface area contributed by atoms with Crippen molar-refractivity contribution in [3.8, 4) is 0 Å². The number of nitrogens with zero attached hydrogens (tertiary/aromatic N) is 2. The summed E-state index contributed by atoms with van der Waals surface area (Å²) in [6, 6.07) is 3.84. The number of nitrogens with one attached hydrogen (secondary N) is 4. The number of likely N-dealkylation sites (tertiary alicyclic amines) is 1. The molecular formula is C25H31N7O5. The quantitative estimate of drug-likeness (QED) is 0.223. The van der Waals surface area contributed by atoms with Crippen LogP contribution < -0.4 is 16.4 Å². The fourth-order valence-electron chi connectivity index (χ4n) is 4.65. The highest BCUT2D eigenvalue weighted by Crippen LogP contribution is 2.20. The molecular weight excluding hydrogens is 478 g/mol. The number of carbonyl (C=O) groups is 4. The van der Waals surface area contributed by atoms with Crippen molar-refractivity contribution in [2.45, 2.75) is 56.8 Å². The van der Waals surface area contributed by atoms with E-state index in [1.165, 1.54) is 24.3 Å². The fraction of sp³-hybridized carbons (Fsp3) is 0.400. The lowest BCUT2D eigenvalue weighted by molar-refractivity contribution is -0.149. The first kappa shape index (κ1) is 25.9. The van der Waals surface area contributed by atoms with Crippen LogP contribution in [-0.2, 0) is 32.0 Å². The maximum Gasteiger partial charge on any atom is 0.326 e. The number of carboxylic acids is 1. The van der Waals surface area contributed by atoms with Gasteiger partial charge in [-0.15, -0.1) is 0 Å². The van der Waals surface area contributed by atoms with Crippen molar-refractivity contribution in [1.29, 1.82) is 0 Å². The first-order valence-corrected chi connectivity index (χ1v) is 12.2. The standard InChI is InChI=1S/C25H31N7O5/c1-14(24(35)32-8-4-7-21(32)25(36)37)30-23(34)20(10-16-12-27-13-29-16)31-22(33)18(26)9-15-11-28-19-6-3-2-5-17(15)19/h2-3,5-6,11-14,18,20-21,28H,4,7-10,26H2,1H3,(H,27,29)(H,30,34)(H,31,33)(H,36,37). The molecule has 4 unspecified atom stereocenters. The highest BCUT2D eigenvalue weighted by atomic mass is 16.4. The van der Waals surface area contributed by atoms with Crippen LogP contribution in [-0.4, -0.2) is 79.4 Å². The van der Waals surface area contributed by atoms with Gasteiger partial charge in [0.05, 0.1) is 12.4 Å². The molecule has 1 aliphatic rings. The molecule has 3 aromatic rings. The Morgan fingerprint density at radius 2 is 1.95 bits per heavy atom. The van der Waals surface area contributed by atoms with Gasteiger partial charge in [-0.3, -0.25) is 14.4 Å². The van der Waals surface area contributed by atoms with Gasteiger partial charge in [-0.25, -0.2) is 9.78 Å². The molecule has 0 spiro atoms. The molecule has 12 nitrogen and oxygen atoms in total. The molecule has 1 saturated heterocycles. The van der Waals surface area contributed by atoms with Crippen LogP contribution in [0.25, 0.3) is 10.9 Å². The summed E-state index contributed by atoms with van der Waals surface area (Å²) in [5, 5.41) is 15.7. The molecule has 0 bridgehead atoms. The monoisotopic (exact) mass is 509 g/mol. The van der Waals surface area contributed by atoms with Crippen LogP contribution in [0.15, 0.2) is 43.0 Å². The normalized spacial score (nSPS) is 17.8. The van der Waals surface area contributed by atoms with E-state index in [0.717, 1.165) is 16.5 Å². The van der Waals surface area contributed by atoms with Gasteiger partial charge in [-0.1, -0.05) is 18.2 Å². The number of aliphatic carboxylic acids is 1. The molecule has 0 radical (unpaired) electrons. The lowest BCUT2D eigenvalue weighted by Gasteiger charge is -2.27. The average Bonchev–Trinajstić information content (AvgIpc) is 3.64. The molecule has 3 heterocycles. The molecule has 4 atom stereocenters. The summed E-state index contributed by atoms with van der Waals surface area (Å²) in [6.45, 7) is 1.81. The molecule has 2 aromatic heterocycles. The zero-order valence-corrected chi connectivity index (χ0v) is 20.4. The van der Waals surface area contributed by atoms with Crippen molar-refractivity contribution in [2.24, 2.45) is 5.73 Å². The molecule has 37 heavy (non-hydrogen) atoms. The number of aromatic amines is 2. The minimum absolute atomic E-state index is 0.0970. The van der Waals surface area contributed by atoms with Gasteiger partial charge in [0.1, 0.15) is 18.1 Å². The zero-order valence-electron chi connectivity index (χ0n) is 20.4. The van der Waals surface area contributed by atoms with Crippen LogP contribution >= 0.6 is 0 Å². The molecule has 1 aromatic carbocycles. The van der Waals surface area contributed by atoms with Crippen molar-refractivity contribution in [1.82, 2.24) is 30.5 Å². The number of imidazole rings is 1. The Balaban J connectivity index is 1.42. The van der Waals surface area contributed by atoms with Crippen LogP contribution in [0.5, 0.6) is 0 Å². The number of carboxylic acid groups (broad SMARTS) is 1. The number of para-hydroxylation sites is 1. The second-order valence-electron chi connectivity index (χ2n) is 9.27. The third-order valence-corrected chi connectivity index (χ3v) is 6.61. The third-order valence-electron chi connectivity index (χ3n) is 6.61. The number of hydrogen-bond donors (Lipinski definition) is 6. The Morgan fingerprint density at radius 1 is 1.16 bits per heavy atom. The first-order valence-electron chi connectivity index (χ1n) is 12.2. The van der Waals surface area contributed by atoms with Crippen LogP contribution in [0, 0.1) is 0 Å². The summed E-state index contributed by atoms with van der Waals surface area (Å²) in [6.07, 6.45) is 6.11. The first-order chi connectivity index (χ1) is 17.7. The number of benzene rings is 1. The van der Waals surface area contributed by atoms with Crippen molar-refractivity contribution in [3.05, 3.63) is 54.2 Å². The van der Waals surface area contributed by atoms with Gasteiger partial charge in [0, 0.05) is 42.0 Å². The van der Waals surface area contributed by atoms with E-state index in [4.69, 9.17) is 5.73 Å². The maximum absolute atomic E-state index is 13.2. The van der Waals surface area contributed by atoms with Gasteiger partial charge in [0.25, 0.3) is 0 Å².